The van der Waals surface area contributed by atoms with E-state index in [0.717, 1.165) is 5.56 Å². The van der Waals surface area contributed by atoms with Gasteiger partial charge in [0.2, 0.25) is 0 Å². The molecule has 2 aromatic carbocycles. The maximum Gasteiger partial charge on any atom is 0.286 e. The molecule has 0 bridgehead atoms. The molecule has 3 rings (SSSR count). The van der Waals surface area contributed by atoms with E-state index >= 15 is 0 Å². The molecule has 0 atom stereocenters. The number of nitro benzene ring substituents is 1. The summed E-state index contributed by atoms with van der Waals surface area (Å²) in [5.74, 6) is 1.21. The van der Waals surface area contributed by atoms with Crippen molar-refractivity contribution in [3.05, 3.63) is 51.6 Å². The van der Waals surface area contributed by atoms with E-state index in [1.807, 2.05) is 19.1 Å². The second-order valence-corrected chi connectivity index (χ2v) is 6.47. The molecule has 2 aromatic rings. The van der Waals surface area contributed by atoms with Gasteiger partial charge in [0.05, 0.1) is 24.7 Å². The molecule has 0 radical (unpaired) electrons. The second kappa shape index (κ2) is 9.34. The summed E-state index contributed by atoms with van der Waals surface area (Å²) in [5, 5.41) is 11.6. The van der Waals surface area contributed by atoms with Crippen LogP contribution in [0.15, 0.2) is 30.3 Å². The van der Waals surface area contributed by atoms with E-state index in [-0.39, 0.29) is 29.3 Å². The van der Waals surface area contributed by atoms with Crippen molar-refractivity contribution in [2.45, 2.75) is 20.4 Å². The Morgan fingerprint density at radius 2 is 1.97 bits per heavy atom. The number of benzene rings is 2. The first-order chi connectivity index (χ1) is 14.5. The van der Waals surface area contributed by atoms with Crippen molar-refractivity contribution in [2.24, 2.45) is 0 Å². The fraction of sp³-hybridized carbons (Fsp3) is 0.381. The number of fused-ring (bicyclic) bond motifs is 1. The molecule has 1 aliphatic heterocycles. The van der Waals surface area contributed by atoms with Crippen molar-refractivity contribution in [1.29, 1.82) is 0 Å². The van der Waals surface area contributed by atoms with Gasteiger partial charge in [-0.2, -0.15) is 0 Å². The minimum atomic E-state index is -0.597. The highest BCUT2D eigenvalue weighted by Crippen LogP contribution is 2.37. The van der Waals surface area contributed by atoms with Gasteiger partial charge < -0.3 is 23.8 Å². The molecule has 160 valence electrons. The molecule has 0 aliphatic carbocycles. The molecule has 0 N–H and O–H groups in total. The topological polar surface area (TPSA) is 100 Å². The third-order valence-corrected chi connectivity index (χ3v) is 4.69. The number of nitro groups is 1. The molecule has 1 amide bonds. The standard InChI is InChI=1S/C21H24N2O7/c1-4-22(13-14-7-6-8-17-20(14)30-10-9-29-17)21(24)15-11-19(28-5-2)18(27-3)12-16(15)23(25)26/h6-8,11-12H,4-5,9-10,13H2,1-3H3. The molecular weight excluding hydrogens is 392 g/mol. The lowest BCUT2D eigenvalue weighted by Crippen LogP contribution is -2.31. The van der Waals surface area contributed by atoms with Crippen LogP contribution in [0.5, 0.6) is 23.0 Å². The van der Waals surface area contributed by atoms with Gasteiger partial charge in [-0.25, -0.2) is 0 Å². The van der Waals surface area contributed by atoms with Crippen LogP contribution >= 0.6 is 0 Å². The fourth-order valence-corrected chi connectivity index (χ4v) is 3.26. The lowest BCUT2D eigenvalue weighted by molar-refractivity contribution is -0.385. The van der Waals surface area contributed by atoms with Crippen LogP contribution in [0.4, 0.5) is 5.69 Å². The first-order valence-electron chi connectivity index (χ1n) is 9.66. The van der Waals surface area contributed by atoms with Gasteiger partial charge in [-0.3, -0.25) is 14.9 Å². The normalized spacial score (nSPS) is 12.2. The Balaban J connectivity index is 1.97. The van der Waals surface area contributed by atoms with Crippen molar-refractivity contribution in [3.8, 4) is 23.0 Å². The highest BCUT2D eigenvalue weighted by molar-refractivity contribution is 5.99. The van der Waals surface area contributed by atoms with Gasteiger partial charge in [-0.05, 0) is 19.9 Å². The first-order valence-corrected chi connectivity index (χ1v) is 9.66. The number of methoxy groups -OCH3 is 1. The van der Waals surface area contributed by atoms with Crippen molar-refractivity contribution < 1.29 is 28.7 Å². The van der Waals surface area contributed by atoms with Gasteiger partial charge in [0.1, 0.15) is 18.8 Å². The van der Waals surface area contributed by atoms with Crippen LogP contribution in [0, 0.1) is 10.1 Å². The lowest BCUT2D eigenvalue weighted by atomic mass is 10.1. The average Bonchev–Trinajstić information content (AvgIpc) is 2.76. The summed E-state index contributed by atoms with van der Waals surface area (Å²) in [6.07, 6.45) is 0. The third-order valence-electron chi connectivity index (χ3n) is 4.69. The van der Waals surface area contributed by atoms with Gasteiger partial charge in [0, 0.05) is 24.7 Å². The predicted octanol–water partition coefficient (Wildman–Crippen LogP) is 3.44. The minimum absolute atomic E-state index is 0.0620. The van der Waals surface area contributed by atoms with Crippen LogP contribution in [0.2, 0.25) is 0 Å². The quantitative estimate of drug-likeness (QED) is 0.480. The molecule has 1 aliphatic rings. The summed E-state index contributed by atoms with van der Waals surface area (Å²) in [4.78, 5) is 25.8. The zero-order valence-corrected chi connectivity index (χ0v) is 17.2. The Morgan fingerprint density at radius 3 is 2.63 bits per heavy atom. The van der Waals surface area contributed by atoms with Gasteiger partial charge >= 0.3 is 0 Å². The zero-order valence-electron chi connectivity index (χ0n) is 17.2. The Kier molecular flexibility index (Phi) is 6.61. The van der Waals surface area contributed by atoms with Crippen molar-refractivity contribution in [2.75, 3.05) is 33.5 Å². The van der Waals surface area contributed by atoms with E-state index in [9.17, 15) is 14.9 Å². The number of hydrogen-bond donors (Lipinski definition) is 0. The van der Waals surface area contributed by atoms with Crippen LogP contribution in [0.25, 0.3) is 0 Å². The number of ether oxygens (including phenoxy) is 4. The van der Waals surface area contributed by atoms with Crippen molar-refractivity contribution >= 4 is 11.6 Å². The third kappa shape index (κ3) is 4.24. The molecule has 9 heteroatoms. The minimum Gasteiger partial charge on any atom is -0.493 e. The van der Waals surface area contributed by atoms with E-state index < -0.39 is 10.8 Å². The van der Waals surface area contributed by atoms with Crippen LogP contribution < -0.4 is 18.9 Å². The summed E-state index contributed by atoms with van der Waals surface area (Å²) in [6, 6.07) is 8.05. The van der Waals surface area contributed by atoms with Gasteiger partial charge in [-0.15, -0.1) is 0 Å². The average molecular weight is 416 g/mol. The molecule has 0 fully saturated rings. The maximum absolute atomic E-state index is 13.3. The molecule has 0 spiro atoms. The molecule has 0 aromatic heterocycles. The fourth-order valence-electron chi connectivity index (χ4n) is 3.26. The molecule has 1 heterocycles. The van der Waals surface area contributed by atoms with E-state index in [0.29, 0.717) is 37.9 Å². The molecule has 9 nitrogen and oxygen atoms in total. The summed E-state index contributed by atoms with van der Waals surface area (Å²) in [6.45, 7) is 5.36. The number of para-hydroxylation sites is 1. The van der Waals surface area contributed by atoms with Crippen LogP contribution in [-0.2, 0) is 6.54 Å². The van der Waals surface area contributed by atoms with E-state index in [1.165, 1.54) is 24.1 Å². The monoisotopic (exact) mass is 416 g/mol. The van der Waals surface area contributed by atoms with E-state index in [2.05, 4.69) is 0 Å². The number of hydrogen-bond acceptors (Lipinski definition) is 7. The van der Waals surface area contributed by atoms with Crippen LogP contribution in [-0.4, -0.2) is 49.2 Å². The lowest BCUT2D eigenvalue weighted by Gasteiger charge is -2.25. The Labute approximate surface area is 174 Å². The number of carbonyl (C=O) groups excluding carboxylic acids is 1. The van der Waals surface area contributed by atoms with Gasteiger partial charge in [-0.1, -0.05) is 12.1 Å². The number of rotatable bonds is 8. The Morgan fingerprint density at radius 1 is 1.20 bits per heavy atom. The first kappa shape index (κ1) is 21.2. The highest BCUT2D eigenvalue weighted by Gasteiger charge is 2.28. The summed E-state index contributed by atoms with van der Waals surface area (Å²) in [7, 11) is 1.39. The Hall–Kier alpha value is -3.49. The van der Waals surface area contributed by atoms with Gasteiger partial charge in [0.25, 0.3) is 11.6 Å². The number of carbonyl (C=O) groups is 1. The molecule has 0 unspecified atom stereocenters. The summed E-state index contributed by atoms with van der Waals surface area (Å²) < 4.78 is 22.0. The molecular formula is C21H24N2O7. The van der Waals surface area contributed by atoms with Crippen LogP contribution in [0.3, 0.4) is 0 Å². The number of amides is 1. The molecule has 0 saturated carbocycles. The highest BCUT2D eigenvalue weighted by atomic mass is 16.6. The largest absolute Gasteiger partial charge is 0.493 e. The van der Waals surface area contributed by atoms with Crippen molar-refractivity contribution in [3.63, 3.8) is 0 Å². The summed E-state index contributed by atoms with van der Waals surface area (Å²) >= 11 is 0. The second-order valence-electron chi connectivity index (χ2n) is 6.47. The molecule has 0 saturated heterocycles. The van der Waals surface area contributed by atoms with Crippen LogP contribution in [0.1, 0.15) is 29.8 Å². The smallest absolute Gasteiger partial charge is 0.286 e. The van der Waals surface area contributed by atoms with E-state index in [1.54, 1.807) is 13.0 Å². The van der Waals surface area contributed by atoms with E-state index in [4.69, 9.17) is 18.9 Å². The Bertz CT molecular complexity index is 945. The van der Waals surface area contributed by atoms with Crippen molar-refractivity contribution in [1.82, 2.24) is 4.90 Å². The summed E-state index contributed by atoms with van der Waals surface area (Å²) in [5.41, 5.74) is 0.366. The maximum atomic E-state index is 13.3. The SMILES string of the molecule is CCOc1cc(C(=O)N(CC)Cc2cccc3c2OCCO3)c([N+](=O)[O-])cc1OC. The zero-order chi connectivity index (χ0) is 21.7. The number of nitrogens with zero attached hydrogens (tertiary/aromatic N) is 2. The molecule has 30 heavy (non-hydrogen) atoms. The predicted molar refractivity (Wildman–Crippen MR) is 109 cm³/mol. The van der Waals surface area contributed by atoms with Gasteiger partial charge in [0.15, 0.2) is 23.0 Å².